The molecule has 2 aromatic rings. The number of nitrogens with zero attached hydrogens (tertiary/aromatic N) is 5. The highest BCUT2D eigenvalue weighted by molar-refractivity contribution is 7.98. The second kappa shape index (κ2) is 12.3. The zero-order valence-electron chi connectivity index (χ0n) is 18.5. The summed E-state index contributed by atoms with van der Waals surface area (Å²) < 4.78 is 2.39. The van der Waals surface area contributed by atoms with Gasteiger partial charge in [-0.3, -0.25) is 4.99 Å². The maximum absolute atomic E-state index is 4.75. The SMILES string of the molecule is CCNC(=NCCCc1nnc(SC)n1C1CCCC1)NCCc1ncc(CC)s1. The summed E-state index contributed by atoms with van der Waals surface area (Å²) in [4.78, 5) is 10.6. The Morgan fingerprint density at radius 2 is 2.07 bits per heavy atom. The number of hydrogen-bond donors (Lipinski definition) is 2. The number of aliphatic imine (C=N–C) groups is 1. The lowest BCUT2D eigenvalue weighted by atomic mass is 10.2. The number of hydrogen-bond acceptors (Lipinski definition) is 6. The number of guanidine groups is 1. The van der Waals surface area contributed by atoms with E-state index < -0.39 is 0 Å². The average molecular weight is 450 g/mol. The minimum Gasteiger partial charge on any atom is -0.357 e. The van der Waals surface area contributed by atoms with E-state index in [1.807, 2.05) is 6.20 Å². The van der Waals surface area contributed by atoms with Gasteiger partial charge < -0.3 is 15.2 Å². The molecule has 0 amide bonds. The summed E-state index contributed by atoms with van der Waals surface area (Å²) in [7, 11) is 0. The first-order chi connectivity index (χ1) is 14.7. The van der Waals surface area contributed by atoms with Gasteiger partial charge in [0.2, 0.25) is 0 Å². The molecule has 2 N–H and O–H groups in total. The van der Waals surface area contributed by atoms with Crippen LogP contribution in [0.1, 0.15) is 67.7 Å². The van der Waals surface area contributed by atoms with Crippen LogP contribution in [0.2, 0.25) is 0 Å². The van der Waals surface area contributed by atoms with E-state index in [2.05, 4.69) is 50.5 Å². The molecule has 1 saturated carbocycles. The summed E-state index contributed by atoms with van der Waals surface area (Å²) >= 11 is 3.51. The van der Waals surface area contributed by atoms with Crippen LogP contribution in [0.3, 0.4) is 0 Å². The third kappa shape index (κ3) is 6.44. The van der Waals surface area contributed by atoms with Crippen molar-refractivity contribution in [3.05, 3.63) is 21.9 Å². The van der Waals surface area contributed by atoms with Gasteiger partial charge in [0.25, 0.3) is 0 Å². The molecule has 7 nitrogen and oxygen atoms in total. The van der Waals surface area contributed by atoms with Gasteiger partial charge in [-0.15, -0.1) is 21.5 Å². The average Bonchev–Trinajstić information content (AvgIpc) is 3.51. The van der Waals surface area contributed by atoms with Crippen LogP contribution in [0.15, 0.2) is 16.3 Å². The van der Waals surface area contributed by atoms with Crippen LogP contribution < -0.4 is 10.6 Å². The van der Waals surface area contributed by atoms with Crippen LogP contribution in [0.25, 0.3) is 0 Å². The van der Waals surface area contributed by atoms with Crippen LogP contribution in [0.4, 0.5) is 0 Å². The number of aromatic nitrogens is 4. The van der Waals surface area contributed by atoms with Gasteiger partial charge in [0.1, 0.15) is 5.82 Å². The Bertz CT molecular complexity index is 793. The number of aryl methyl sites for hydroxylation is 2. The van der Waals surface area contributed by atoms with Gasteiger partial charge in [-0.05, 0) is 38.9 Å². The van der Waals surface area contributed by atoms with Crippen LogP contribution in [-0.4, -0.2) is 51.6 Å². The largest absolute Gasteiger partial charge is 0.357 e. The Hall–Kier alpha value is -1.61. The molecule has 0 unspecified atom stereocenters. The van der Waals surface area contributed by atoms with E-state index in [1.165, 1.54) is 35.6 Å². The highest BCUT2D eigenvalue weighted by Crippen LogP contribution is 2.33. The molecule has 2 aromatic heterocycles. The number of thioether (sulfide) groups is 1. The molecule has 0 bridgehead atoms. The summed E-state index contributed by atoms with van der Waals surface area (Å²) in [5, 5.41) is 17.9. The first-order valence-corrected chi connectivity index (χ1v) is 13.2. The van der Waals surface area contributed by atoms with Gasteiger partial charge in [-0.1, -0.05) is 31.5 Å². The third-order valence-electron chi connectivity index (χ3n) is 5.36. The molecule has 0 aliphatic heterocycles. The van der Waals surface area contributed by atoms with Gasteiger partial charge in [0.15, 0.2) is 11.1 Å². The molecule has 166 valence electrons. The third-order valence-corrected chi connectivity index (χ3v) is 7.21. The second-order valence-corrected chi connectivity index (χ2v) is 9.50. The zero-order valence-corrected chi connectivity index (χ0v) is 20.1. The second-order valence-electron chi connectivity index (χ2n) is 7.53. The van der Waals surface area contributed by atoms with E-state index in [9.17, 15) is 0 Å². The van der Waals surface area contributed by atoms with Gasteiger partial charge in [0, 0.05) is 49.6 Å². The summed E-state index contributed by atoms with van der Waals surface area (Å²) in [5.74, 6) is 2.00. The first kappa shape index (κ1) is 23.1. The van der Waals surface area contributed by atoms with E-state index in [-0.39, 0.29) is 0 Å². The highest BCUT2D eigenvalue weighted by Gasteiger charge is 2.23. The molecular weight excluding hydrogens is 414 g/mol. The molecule has 0 radical (unpaired) electrons. The lowest BCUT2D eigenvalue weighted by Crippen LogP contribution is -2.38. The van der Waals surface area contributed by atoms with Crippen LogP contribution >= 0.6 is 23.1 Å². The molecule has 1 fully saturated rings. The normalized spacial score (nSPS) is 15.1. The lowest BCUT2D eigenvalue weighted by Gasteiger charge is -2.16. The smallest absolute Gasteiger partial charge is 0.191 e. The summed E-state index contributed by atoms with van der Waals surface area (Å²) in [5.41, 5.74) is 0. The molecule has 3 rings (SSSR count). The van der Waals surface area contributed by atoms with E-state index >= 15 is 0 Å². The van der Waals surface area contributed by atoms with Crippen LogP contribution in [0.5, 0.6) is 0 Å². The Morgan fingerprint density at radius 1 is 1.23 bits per heavy atom. The maximum atomic E-state index is 4.75. The molecule has 0 saturated heterocycles. The number of thiazole rings is 1. The maximum Gasteiger partial charge on any atom is 0.191 e. The molecule has 2 heterocycles. The molecule has 1 aliphatic rings. The fourth-order valence-electron chi connectivity index (χ4n) is 3.83. The van der Waals surface area contributed by atoms with Gasteiger partial charge in [0.05, 0.1) is 5.01 Å². The predicted molar refractivity (Wildman–Crippen MR) is 127 cm³/mol. The van der Waals surface area contributed by atoms with Crippen molar-refractivity contribution in [1.29, 1.82) is 0 Å². The predicted octanol–water partition coefficient (Wildman–Crippen LogP) is 3.86. The minimum absolute atomic E-state index is 0.582. The fraction of sp³-hybridized carbons (Fsp3) is 0.714. The Labute approximate surface area is 188 Å². The topological polar surface area (TPSA) is 80.0 Å². The number of nitrogens with one attached hydrogen (secondary N) is 2. The number of rotatable bonds is 11. The molecule has 9 heteroatoms. The first-order valence-electron chi connectivity index (χ1n) is 11.2. The van der Waals surface area contributed by atoms with Gasteiger partial charge in [-0.2, -0.15) is 0 Å². The monoisotopic (exact) mass is 449 g/mol. The van der Waals surface area contributed by atoms with Crippen molar-refractivity contribution in [1.82, 2.24) is 30.4 Å². The van der Waals surface area contributed by atoms with Crippen molar-refractivity contribution >= 4 is 29.1 Å². The van der Waals surface area contributed by atoms with Crippen molar-refractivity contribution < 1.29 is 0 Å². The lowest BCUT2D eigenvalue weighted by molar-refractivity contribution is 0.461. The van der Waals surface area contributed by atoms with Crippen molar-refractivity contribution in [2.75, 3.05) is 25.9 Å². The Morgan fingerprint density at radius 3 is 2.77 bits per heavy atom. The van der Waals surface area contributed by atoms with Crippen molar-refractivity contribution in [3.63, 3.8) is 0 Å². The standard InChI is InChI=1S/C21H35N7S2/c1-4-17-15-25-19(30-17)12-14-24-20(22-5-2)23-13-8-11-18-26-27-21(29-3)28(18)16-9-6-7-10-16/h15-16H,4-14H2,1-3H3,(H2,22,23,24). The van der Waals surface area contributed by atoms with Gasteiger partial charge in [-0.25, -0.2) is 4.98 Å². The molecule has 0 atom stereocenters. The van der Waals surface area contributed by atoms with Crippen LogP contribution in [0, 0.1) is 0 Å². The van der Waals surface area contributed by atoms with E-state index in [4.69, 9.17) is 4.99 Å². The molecule has 1 aliphatic carbocycles. The quantitative estimate of drug-likeness (QED) is 0.235. The summed E-state index contributed by atoms with van der Waals surface area (Å²) in [6, 6.07) is 0.582. The summed E-state index contributed by atoms with van der Waals surface area (Å²) in [6.45, 7) is 6.74. The molecule has 0 spiro atoms. The van der Waals surface area contributed by atoms with Crippen molar-refractivity contribution in [2.45, 2.75) is 76.4 Å². The molecule has 30 heavy (non-hydrogen) atoms. The highest BCUT2D eigenvalue weighted by atomic mass is 32.2. The minimum atomic E-state index is 0.582. The molecule has 0 aromatic carbocycles. The van der Waals surface area contributed by atoms with Crippen molar-refractivity contribution in [3.8, 4) is 0 Å². The summed E-state index contributed by atoms with van der Waals surface area (Å²) in [6.07, 6.45) is 13.1. The van der Waals surface area contributed by atoms with Gasteiger partial charge >= 0.3 is 0 Å². The molecular formula is C21H35N7S2. The van der Waals surface area contributed by atoms with E-state index in [1.54, 1.807) is 23.1 Å². The Kier molecular flexibility index (Phi) is 9.45. The van der Waals surface area contributed by atoms with Crippen molar-refractivity contribution in [2.24, 2.45) is 4.99 Å². The fourth-order valence-corrected chi connectivity index (χ4v) is 5.27. The van der Waals surface area contributed by atoms with E-state index in [0.717, 1.165) is 62.3 Å². The van der Waals surface area contributed by atoms with E-state index in [0.29, 0.717) is 6.04 Å². The van der Waals surface area contributed by atoms with Crippen LogP contribution in [-0.2, 0) is 19.3 Å². The zero-order chi connectivity index (χ0) is 21.2. The Balaban J connectivity index is 1.48.